The average molecular weight is 302 g/mol. The normalized spacial score (nSPS) is 10.1. The maximum absolute atomic E-state index is 4.10. The Labute approximate surface area is 97.2 Å². The predicted molar refractivity (Wildman–Crippen MR) is 68.7 cm³/mol. The van der Waals surface area contributed by atoms with Crippen molar-refractivity contribution in [2.75, 3.05) is 8.54 Å². The van der Waals surface area contributed by atoms with Crippen LogP contribution in [0.3, 0.4) is 0 Å². The van der Waals surface area contributed by atoms with E-state index in [1.807, 2.05) is 54.2 Å². The van der Waals surface area contributed by atoms with Crippen molar-refractivity contribution in [2.45, 2.75) is 6.92 Å². The summed E-state index contributed by atoms with van der Waals surface area (Å²) in [5, 5.41) is 5.54. The van der Waals surface area contributed by atoms with Gasteiger partial charge in [-0.05, 0) is 13.0 Å². The molecule has 1 heterocycles. The van der Waals surface area contributed by atoms with Gasteiger partial charge in [-0.1, -0.05) is 6.08 Å². The highest BCUT2D eigenvalue weighted by Crippen LogP contribution is 2.18. The molecule has 14 heavy (non-hydrogen) atoms. The molecule has 0 radical (unpaired) electrons. The van der Waals surface area contributed by atoms with E-state index in [0.29, 0.717) is 0 Å². The summed E-state index contributed by atoms with van der Waals surface area (Å²) in [6, 6.07) is 3.76. The molecule has 0 unspecified atom stereocenters. The highest BCUT2D eigenvalue weighted by Gasteiger charge is 2.00. The number of nitrogens with one attached hydrogen (secondary N) is 1. The van der Waals surface area contributed by atoms with Crippen molar-refractivity contribution in [3.05, 3.63) is 30.6 Å². The molecule has 0 bridgehead atoms. The van der Waals surface area contributed by atoms with E-state index in [1.165, 1.54) is 0 Å². The zero-order valence-corrected chi connectivity index (χ0v) is 9.97. The van der Waals surface area contributed by atoms with E-state index in [0.717, 1.165) is 11.5 Å². The topological polar surface area (TPSA) is 40.5 Å². The van der Waals surface area contributed by atoms with Crippen LogP contribution in [0.4, 0.5) is 11.5 Å². The van der Waals surface area contributed by atoms with Crippen LogP contribution in [-0.2, 0) is 0 Å². The van der Waals surface area contributed by atoms with Gasteiger partial charge >= 0.3 is 0 Å². The molecule has 0 atom stereocenters. The van der Waals surface area contributed by atoms with Gasteiger partial charge in [0.05, 0.1) is 28.6 Å². The smallest absolute Gasteiger partial charge is 0.136 e. The van der Waals surface area contributed by atoms with Gasteiger partial charge in [0.25, 0.3) is 0 Å². The highest BCUT2D eigenvalue weighted by molar-refractivity contribution is 14.1. The van der Waals surface area contributed by atoms with Gasteiger partial charge < -0.3 is 3.53 Å². The van der Waals surface area contributed by atoms with E-state index in [4.69, 9.17) is 0 Å². The number of anilines is 2. The van der Waals surface area contributed by atoms with Crippen LogP contribution in [0.25, 0.3) is 0 Å². The molecule has 0 aliphatic carbocycles. The molecule has 74 valence electrons. The summed E-state index contributed by atoms with van der Waals surface area (Å²) in [6.07, 6.45) is 5.45. The Morgan fingerprint density at radius 3 is 3.07 bits per heavy atom. The summed E-state index contributed by atoms with van der Waals surface area (Å²) in [7, 11) is 0. The van der Waals surface area contributed by atoms with E-state index in [-0.39, 0.29) is 0 Å². The number of halogens is 1. The van der Waals surface area contributed by atoms with E-state index >= 15 is 0 Å². The molecular weight excluding hydrogens is 291 g/mol. The second kappa shape index (κ2) is 5.58. The molecule has 5 heteroatoms. The number of hydrogen-bond donors (Lipinski definition) is 1. The summed E-state index contributed by atoms with van der Waals surface area (Å²) in [5.74, 6) is 0.793. The summed E-state index contributed by atoms with van der Waals surface area (Å²) < 4.78 is 2.93. The first-order chi connectivity index (χ1) is 6.81. The van der Waals surface area contributed by atoms with Crippen molar-refractivity contribution in [1.29, 1.82) is 0 Å². The zero-order valence-electron chi connectivity index (χ0n) is 7.81. The van der Waals surface area contributed by atoms with Crippen LogP contribution < -0.4 is 8.54 Å². The molecule has 0 aliphatic heterocycles. The van der Waals surface area contributed by atoms with Crippen LogP contribution in [0.1, 0.15) is 6.92 Å². The van der Waals surface area contributed by atoms with Gasteiger partial charge in [-0.15, -0.1) is 0 Å². The van der Waals surface area contributed by atoms with Crippen LogP contribution in [-0.4, -0.2) is 11.7 Å². The largest absolute Gasteiger partial charge is 0.313 e. The van der Waals surface area contributed by atoms with Crippen LogP contribution in [0.15, 0.2) is 35.7 Å². The molecule has 1 aromatic rings. The standard InChI is InChI=1S/C9H11IN4/c1-3-6-14(11-2)8-4-5-12-9(7-8)13-10/h3-7H,2H2,1H3,(H,12,13)/b6-3-. The Bertz CT molecular complexity index is 337. The lowest BCUT2D eigenvalue weighted by atomic mass is 10.4. The molecule has 1 aromatic heterocycles. The van der Waals surface area contributed by atoms with Crippen LogP contribution in [0.2, 0.25) is 0 Å². The van der Waals surface area contributed by atoms with Gasteiger partial charge in [-0.2, -0.15) is 5.10 Å². The molecule has 0 amide bonds. The van der Waals surface area contributed by atoms with Gasteiger partial charge in [-0.25, -0.2) is 9.99 Å². The number of aromatic nitrogens is 1. The lowest BCUT2D eigenvalue weighted by molar-refractivity contribution is 1.08. The van der Waals surface area contributed by atoms with Gasteiger partial charge in [0.2, 0.25) is 0 Å². The highest BCUT2D eigenvalue weighted by atomic mass is 127. The van der Waals surface area contributed by atoms with Crippen molar-refractivity contribution in [2.24, 2.45) is 5.10 Å². The SMILES string of the molecule is C=NN(/C=C\C)c1ccnc(NI)c1. The first kappa shape index (κ1) is 11.0. The fourth-order valence-electron chi connectivity index (χ4n) is 0.970. The third-order valence-electron chi connectivity index (χ3n) is 1.55. The molecule has 0 aliphatic rings. The number of rotatable bonds is 4. The van der Waals surface area contributed by atoms with Crippen molar-refractivity contribution in [1.82, 2.24) is 4.98 Å². The van der Waals surface area contributed by atoms with Crippen LogP contribution in [0, 0.1) is 0 Å². The molecule has 0 aromatic carbocycles. The first-order valence-electron chi connectivity index (χ1n) is 4.03. The number of hydrazone groups is 1. The lowest BCUT2D eigenvalue weighted by Crippen LogP contribution is -2.06. The minimum atomic E-state index is 0.793. The van der Waals surface area contributed by atoms with Crippen LogP contribution >= 0.6 is 22.9 Å². The summed E-state index contributed by atoms with van der Waals surface area (Å²) in [4.78, 5) is 4.10. The number of hydrogen-bond acceptors (Lipinski definition) is 4. The minimum Gasteiger partial charge on any atom is -0.313 e. The molecule has 0 saturated carbocycles. The van der Waals surface area contributed by atoms with E-state index in [2.05, 4.69) is 20.3 Å². The van der Waals surface area contributed by atoms with Gasteiger partial charge in [0.1, 0.15) is 5.82 Å². The first-order valence-corrected chi connectivity index (χ1v) is 5.11. The average Bonchev–Trinajstić information content (AvgIpc) is 2.26. The molecule has 1 N–H and O–H groups in total. The van der Waals surface area contributed by atoms with Crippen molar-refractivity contribution < 1.29 is 0 Å². The van der Waals surface area contributed by atoms with Gasteiger partial charge in [0, 0.05) is 25.2 Å². The molecule has 0 spiro atoms. The number of allylic oxidation sites excluding steroid dienone is 1. The summed E-state index contributed by atoms with van der Waals surface area (Å²) in [6.45, 7) is 5.42. The Kier molecular flexibility index (Phi) is 4.37. The molecule has 4 nitrogen and oxygen atoms in total. The number of nitrogens with zero attached hydrogens (tertiary/aromatic N) is 3. The quantitative estimate of drug-likeness (QED) is 0.402. The molecule has 0 saturated heterocycles. The van der Waals surface area contributed by atoms with E-state index < -0.39 is 0 Å². The zero-order chi connectivity index (χ0) is 10.4. The van der Waals surface area contributed by atoms with Crippen LogP contribution in [0.5, 0.6) is 0 Å². The summed E-state index contributed by atoms with van der Waals surface area (Å²) >= 11 is 2.03. The van der Waals surface area contributed by atoms with E-state index in [1.54, 1.807) is 11.2 Å². The van der Waals surface area contributed by atoms with E-state index in [9.17, 15) is 0 Å². The lowest BCUT2D eigenvalue weighted by Gasteiger charge is -2.13. The third-order valence-corrected chi connectivity index (χ3v) is 2.10. The maximum Gasteiger partial charge on any atom is 0.136 e. The second-order valence-corrected chi connectivity index (χ2v) is 3.00. The molecule has 1 rings (SSSR count). The van der Waals surface area contributed by atoms with Crippen molar-refractivity contribution in [3.63, 3.8) is 0 Å². The monoisotopic (exact) mass is 302 g/mol. The van der Waals surface area contributed by atoms with Gasteiger partial charge in [-0.3, -0.25) is 0 Å². The minimum absolute atomic E-state index is 0.793. The predicted octanol–water partition coefficient (Wildman–Crippen LogP) is 2.80. The Morgan fingerprint density at radius 1 is 1.71 bits per heavy atom. The maximum atomic E-state index is 4.10. The fraction of sp³-hybridized carbons (Fsp3) is 0.111. The van der Waals surface area contributed by atoms with Gasteiger partial charge in [0.15, 0.2) is 0 Å². The van der Waals surface area contributed by atoms with Crippen molar-refractivity contribution >= 4 is 41.1 Å². The Hall–Kier alpha value is -1.11. The second-order valence-electron chi connectivity index (χ2n) is 2.46. The van der Waals surface area contributed by atoms with Crippen molar-refractivity contribution in [3.8, 4) is 0 Å². The Balaban J connectivity index is 2.97. The molecule has 0 fully saturated rings. The Morgan fingerprint density at radius 2 is 2.50 bits per heavy atom. The molecular formula is C9H11IN4. The summed E-state index contributed by atoms with van der Waals surface area (Å²) in [5.41, 5.74) is 0.923. The third kappa shape index (κ3) is 2.69. The number of pyridine rings is 1. The fourth-order valence-corrected chi connectivity index (χ4v) is 1.26.